The number of rotatable bonds is 9. The molecule has 1 atom stereocenters. The van der Waals surface area contributed by atoms with E-state index in [1.165, 1.54) is 35.6 Å². The molecule has 4 nitrogen and oxygen atoms in total. The second-order valence-electron chi connectivity index (χ2n) is 7.28. The number of aliphatic carboxylic acids is 1. The molecule has 0 aliphatic rings. The summed E-state index contributed by atoms with van der Waals surface area (Å²) in [5.41, 5.74) is 0.392. The van der Waals surface area contributed by atoms with Crippen molar-refractivity contribution in [1.82, 2.24) is 0 Å². The van der Waals surface area contributed by atoms with Crippen molar-refractivity contribution in [3.63, 3.8) is 0 Å². The van der Waals surface area contributed by atoms with E-state index >= 15 is 0 Å². The standard InChI is InChI=1S/C24H20F4O4S/c1-2-19(23(30)31)32-20-10-4-14(13-17(20)25)3-9-18(29)22-12-11-21(33-22)15-5-7-16(8-6-15)24(26,27)28/h4-8,10-13,19H,2-3,9H2,1H3,(H,30,31). The number of Topliss-reactive ketones (excluding diaryl/α,β-unsaturated/α-hetero) is 1. The summed E-state index contributed by atoms with van der Waals surface area (Å²) in [6, 6.07) is 12.1. The van der Waals surface area contributed by atoms with Gasteiger partial charge in [-0.3, -0.25) is 4.79 Å². The van der Waals surface area contributed by atoms with Crippen LogP contribution >= 0.6 is 11.3 Å². The van der Waals surface area contributed by atoms with Crippen molar-refractivity contribution < 1.29 is 37.0 Å². The highest BCUT2D eigenvalue weighted by Crippen LogP contribution is 2.33. The zero-order valence-electron chi connectivity index (χ0n) is 17.5. The first kappa shape index (κ1) is 24.4. The van der Waals surface area contributed by atoms with Gasteiger partial charge in [-0.05, 0) is 60.4 Å². The summed E-state index contributed by atoms with van der Waals surface area (Å²) in [6.45, 7) is 1.62. The largest absolute Gasteiger partial charge is 0.479 e. The van der Waals surface area contributed by atoms with Crippen molar-refractivity contribution in [2.24, 2.45) is 0 Å². The molecule has 9 heteroatoms. The summed E-state index contributed by atoms with van der Waals surface area (Å²) < 4.78 is 57.6. The topological polar surface area (TPSA) is 63.6 Å². The second-order valence-corrected chi connectivity index (χ2v) is 8.36. The Balaban J connectivity index is 1.62. The zero-order valence-corrected chi connectivity index (χ0v) is 18.3. The minimum Gasteiger partial charge on any atom is -0.479 e. The number of alkyl halides is 3. The molecule has 0 saturated heterocycles. The van der Waals surface area contributed by atoms with Gasteiger partial charge in [0.1, 0.15) is 0 Å². The van der Waals surface area contributed by atoms with Gasteiger partial charge < -0.3 is 9.84 Å². The minimum atomic E-state index is -4.41. The number of carbonyl (C=O) groups is 2. The molecule has 0 aliphatic carbocycles. The van der Waals surface area contributed by atoms with Crippen molar-refractivity contribution in [1.29, 1.82) is 0 Å². The molecular formula is C24H20F4O4S. The lowest BCUT2D eigenvalue weighted by Gasteiger charge is -2.14. The van der Waals surface area contributed by atoms with E-state index in [9.17, 15) is 27.2 Å². The Hall–Kier alpha value is -3.20. The van der Waals surface area contributed by atoms with E-state index in [0.717, 1.165) is 12.1 Å². The number of halogens is 4. The Morgan fingerprint density at radius 1 is 1.06 bits per heavy atom. The maximum absolute atomic E-state index is 14.3. The van der Waals surface area contributed by atoms with Crippen molar-refractivity contribution in [3.8, 4) is 16.2 Å². The number of thiophene rings is 1. The zero-order chi connectivity index (χ0) is 24.2. The molecule has 33 heavy (non-hydrogen) atoms. The number of carboxylic acids is 1. The fraction of sp³-hybridized carbons (Fsp3) is 0.250. The number of hydrogen-bond donors (Lipinski definition) is 1. The number of ketones is 1. The quantitative estimate of drug-likeness (QED) is 0.276. The molecule has 1 aromatic heterocycles. The van der Waals surface area contributed by atoms with Crippen LogP contribution in [0.25, 0.3) is 10.4 Å². The van der Waals surface area contributed by atoms with E-state index in [1.54, 1.807) is 25.1 Å². The normalized spacial score (nSPS) is 12.4. The maximum atomic E-state index is 14.3. The summed E-state index contributed by atoms with van der Waals surface area (Å²) in [5.74, 6) is -2.23. The Morgan fingerprint density at radius 2 is 1.76 bits per heavy atom. The van der Waals surface area contributed by atoms with Crippen molar-refractivity contribution in [2.75, 3.05) is 0 Å². The molecular weight excluding hydrogens is 460 g/mol. The van der Waals surface area contributed by atoms with Gasteiger partial charge in [0.15, 0.2) is 23.5 Å². The first-order chi connectivity index (χ1) is 15.6. The van der Waals surface area contributed by atoms with Gasteiger partial charge in [-0.2, -0.15) is 13.2 Å². The van der Waals surface area contributed by atoms with Gasteiger partial charge in [-0.25, -0.2) is 9.18 Å². The molecule has 3 aromatic rings. The SMILES string of the molecule is CCC(Oc1ccc(CCC(=O)c2ccc(-c3ccc(C(F)(F)F)cc3)s2)cc1F)C(=O)O. The number of aryl methyl sites for hydroxylation is 1. The van der Waals surface area contributed by atoms with Crippen LogP contribution < -0.4 is 4.74 Å². The summed E-state index contributed by atoms with van der Waals surface area (Å²) in [4.78, 5) is 24.7. The molecule has 0 spiro atoms. The molecule has 1 N–H and O–H groups in total. The number of hydrogen-bond acceptors (Lipinski definition) is 4. The van der Waals surface area contributed by atoms with Crippen LogP contribution in [0.4, 0.5) is 17.6 Å². The molecule has 1 heterocycles. The number of carboxylic acid groups (broad SMARTS) is 1. The number of ether oxygens (including phenoxy) is 1. The summed E-state index contributed by atoms with van der Waals surface area (Å²) >= 11 is 1.18. The Labute approximate surface area is 191 Å². The Bertz CT molecular complexity index is 1140. The van der Waals surface area contributed by atoms with E-state index in [1.807, 2.05) is 0 Å². The summed E-state index contributed by atoms with van der Waals surface area (Å²) in [6.07, 6.45) is -5.00. The Morgan fingerprint density at radius 3 is 2.33 bits per heavy atom. The van der Waals surface area contributed by atoms with Gasteiger partial charge in [0.05, 0.1) is 10.4 Å². The van der Waals surface area contributed by atoms with Crippen LogP contribution in [0, 0.1) is 5.82 Å². The van der Waals surface area contributed by atoms with E-state index in [4.69, 9.17) is 9.84 Å². The Kier molecular flexibility index (Phi) is 7.53. The molecule has 174 valence electrons. The molecule has 3 rings (SSSR count). The van der Waals surface area contributed by atoms with Gasteiger partial charge in [0.2, 0.25) is 0 Å². The minimum absolute atomic E-state index is 0.110. The predicted molar refractivity (Wildman–Crippen MR) is 116 cm³/mol. The van der Waals surface area contributed by atoms with Crippen LogP contribution in [-0.2, 0) is 17.4 Å². The monoisotopic (exact) mass is 480 g/mol. The second kappa shape index (κ2) is 10.2. The van der Waals surface area contributed by atoms with Crippen LogP contribution in [0.5, 0.6) is 5.75 Å². The summed E-state index contributed by atoms with van der Waals surface area (Å²) in [5, 5.41) is 9.02. The van der Waals surface area contributed by atoms with Gasteiger partial charge in [0.25, 0.3) is 0 Å². The molecule has 2 aromatic carbocycles. The van der Waals surface area contributed by atoms with Gasteiger partial charge in [-0.1, -0.05) is 25.1 Å². The summed E-state index contributed by atoms with van der Waals surface area (Å²) in [7, 11) is 0. The van der Waals surface area contributed by atoms with Crippen molar-refractivity contribution in [3.05, 3.63) is 76.4 Å². The molecule has 0 saturated carbocycles. The fourth-order valence-electron chi connectivity index (χ4n) is 3.10. The number of carbonyl (C=O) groups excluding carboxylic acids is 1. The van der Waals surface area contributed by atoms with Crippen LogP contribution in [0.15, 0.2) is 54.6 Å². The molecule has 1 unspecified atom stereocenters. The van der Waals surface area contributed by atoms with E-state index < -0.39 is 29.6 Å². The average molecular weight is 480 g/mol. The van der Waals surface area contributed by atoms with E-state index in [0.29, 0.717) is 20.9 Å². The lowest BCUT2D eigenvalue weighted by molar-refractivity contribution is -0.145. The van der Waals surface area contributed by atoms with Crippen LogP contribution in [0.1, 0.15) is 40.6 Å². The third kappa shape index (κ3) is 6.19. The molecule has 0 fully saturated rings. The predicted octanol–water partition coefficient (Wildman–Crippen LogP) is 6.63. The smallest absolute Gasteiger partial charge is 0.416 e. The van der Waals surface area contributed by atoms with Crippen LogP contribution in [0.3, 0.4) is 0 Å². The third-order valence-corrected chi connectivity index (χ3v) is 6.11. The maximum Gasteiger partial charge on any atom is 0.416 e. The van der Waals surface area contributed by atoms with Crippen LogP contribution in [-0.4, -0.2) is 23.0 Å². The van der Waals surface area contributed by atoms with Crippen molar-refractivity contribution in [2.45, 2.75) is 38.5 Å². The highest BCUT2D eigenvalue weighted by atomic mass is 32.1. The first-order valence-corrected chi connectivity index (χ1v) is 10.9. The van der Waals surface area contributed by atoms with Gasteiger partial charge in [0, 0.05) is 11.3 Å². The average Bonchev–Trinajstić information content (AvgIpc) is 3.26. The van der Waals surface area contributed by atoms with Gasteiger partial charge in [-0.15, -0.1) is 11.3 Å². The van der Waals surface area contributed by atoms with E-state index in [2.05, 4.69) is 0 Å². The van der Waals surface area contributed by atoms with E-state index in [-0.39, 0.29) is 30.8 Å². The third-order valence-electron chi connectivity index (χ3n) is 4.93. The fourth-order valence-corrected chi connectivity index (χ4v) is 4.08. The van der Waals surface area contributed by atoms with Gasteiger partial charge >= 0.3 is 12.1 Å². The highest BCUT2D eigenvalue weighted by molar-refractivity contribution is 7.17. The van der Waals surface area contributed by atoms with Crippen molar-refractivity contribution >= 4 is 23.1 Å². The molecule has 0 bridgehead atoms. The first-order valence-electron chi connectivity index (χ1n) is 10.1. The van der Waals surface area contributed by atoms with Crippen LogP contribution in [0.2, 0.25) is 0 Å². The lowest BCUT2D eigenvalue weighted by atomic mass is 10.1. The molecule has 0 aliphatic heterocycles. The lowest BCUT2D eigenvalue weighted by Crippen LogP contribution is -2.26. The molecule has 0 amide bonds. The molecule has 0 radical (unpaired) electrons. The highest BCUT2D eigenvalue weighted by Gasteiger charge is 2.30. The number of benzene rings is 2.